The van der Waals surface area contributed by atoms with Crippen LogP contribution in [0.2, 0.25) is 0 Å². The quantitative estimate of drug-likeness (QED) is 0.795. The lowest BCUT2D eigenvalue weighted by atomic mass is 10.1. The minimum Gasteiger partial charge on any atom is -0.354 e. The zero-order valence-corrected chi connectivity index (χ0v) is 10.7. The van der Waals surface area contributed by atoms with Crippen molar-refractivity contribution in [2.45, 2.75) is 18.9 Å². The summed E-state index contributed by atoms with van der Waals surface area (Å²) in [5.41, 5.74) is 0.504. The van der Waals surface area contributed by atoms with Crippen molar-refractivity contribution in [1.29, 1.82) is 0 Å². The standard InChI is InChI=1S/C11H12BrN3O2/c12-10-8(2-1-5-13-10)11(17)15-7-3-4-9(16)14-6-7/h1-2,5,7H,3-4,6H2,(H,14,16)(H,15,17). The van der Waals surface area contributed by atoms with Gasteiger partial charge in [-0.15, -0.1) is 0 Å². The lowest BCUT2D eigenvalue weighted by Crippen LogP contribution is -2.47. The van der Waals surface area contributed by atoms with E-state index >= 15 is 0 Å². The average molecular weight is 298 g/mol. The van der Waals surface area contributed by atoms with Crippen molar-refractivity contribution in [2.24, 2.45) is 0 Å². The summed E-state index contributed by atoms with van der Waals surface area (Å²) < 4.78 is 0.525. The normalized spacial score (nSPS) is 19.6. The number of carbonyl (C=O) groups excluding carboxylic acids is 2. The van der Waals surface area contributed by atoms with Crippen LogP contribution in [0.4, 0.5) is 0 Å². The third kappa shape index (κ3) is 3.03. The molecule has 1 unspecified atom stereocenters. The van der Waals surface area contributed by atoms with Gasteiger partial charge in [-0.2, -0.15) is 0 Å². The SMILES string of the molecule is O=C1CCC(NC(=O)c2cccnc2Br)CN1. The Morgan fingerprint density at radius 1 is 1.59 bits per heavy atom. The molecule has 1 aliphatic rings. The van der Waals surface area contributed by atoms with Crippen LogP contribution in [0, 0.1) is 0 Å². The van der Waals surface area contributed by atoms with E-state index in [0.717, 1.165) is 0 Å². The van der Waals surface area contributed by atoms with Gasteiger partial charge in [0.15, 0.2) is 0 Å². The van der Waals surface area contributed by atoms with Crippen LogP contribution in [-0.2, 0) is 4.79 Å². The second kappa shape index (κ2) is 5.27. The van der Waals surface area contributed by atoms with Crippen LogP contribution in [0.1, 0.15) is 23.2 Å². The highest BCUT2D eigenvalue weighted by Gasteiger charge is 2.21. The van der Waals surface area contributed by atoms with Crippen molar-refractivity contribution in [2.75, 3.05) is 6.54 Å². The molecule has 17 heavy (non-hydrogen) atoms. The minimum absolute atomic E-state index is 0.00712. The van der Waals surface area contributed by atoms with E-state index in [1.807, 2.05) is 0 Å². The molecule has 1 saturated heterocycles. The molecule has 1 aromatic rings. The van der Waals surface area contributed by atoms with Gasteiger partial charge in [0.05, 0.1) is 5.56 Å². The van der Waals surface area contributed by atoms with E-state index in [2.05, 4.69) is 31.5 Å². The number of aromatic nitrogens is 1. The van der Waals surface area contributed by atoms with E-state index in [1.165, 1.54) is 0 Å². The second-order valence-corrected chi connectivity index (χ2v) is 4.61. The maximum Gasteiger partial charge on any atom is 0.254 e. The fraction of sp³-hybridized carbons (Fsp3) is 0.364. The maximum atomic E-state index is 11.9. The summed E-state index contributed by atoms with van der Waals surface area (Å²) in [6.45, 7) is 0.489. The van der Waals surface area contributed by atoms with Gasteiger partial charge in [0.1, 0.15) is 4.60 Å². The number of nitrogens with one attached hydrogen (secondary N) is 2. The Hall–Kier alpha value is -1.43. The molecular formula is C11H12BrN3O2. The number of nitrogens with zero attached hydrogens (tertiary/aromatic N) is 1. The van der Waals surface area contributed by atoms with Crippen LogP contribution >= 0.6 is 15.9 Å². The van der Waals surface area contributed by atoms with E-state index in [4.69, 9.17) is 0 Å². The Morgan fingerprint density at radius 2 is 2.41 bits per heavy atom. The summed E-state index contributed by atoms with van der Waals surface area (Å²) in [6, 6.07) is 3.41. The van der Waals surface area contributed by atoms with E-state index in [9.17, 15) is 9.59 Å². The van der Waals surface area contributed by atoms with Crippen molar-refractivity contribution in [3.05, 3.63) is 28.5 Å². The van der Waals surface area contributed by atoms with Gasteiger partial charge in [-0.3, -0.25) is 9.59 Å². The first-order chi connectivity index (χ1) is 8.16. The van der Waals surface area contributed by atoms with Gasteiger partial charge >= 0.3 is 0 Å². The minimum atomic E-state index is -0.175. The Labute approximate surface area is 107 Å². The molecule has 2 rings (SSSR count). The molecule has 1 aromatic heterocycles. The summed E-state index contributed by atoms with van der Waals surface area (Å²) in [5.74, 6) is -0.135. The fourth-order valence-electron chi connectivity index (χ4n) is 1.67. The lowest BCUT2D eigenvalue weighted by Gasteiger charge is -2.23. The number of amides is 2. The van der Waals surface area contributed by atoms with Crippen LogP contribution in [0.25, 0.3) is 0 Å². The van der Waals surface area contributed by atoms with Crippen molar-refractivity contribution in [1.82, 2.24) is 15.6 Å². The summed E-state index contributed by atoms with van der Waals surface area (Å²) in [5, 5.41) is 5.60. The fourth-order valence-corrected chi connectivity index (χ4v) is 2.11. The highest BCUT2D eigenvalue weighted by Crippen LogP contribution is 2.13. The molecular weight excluding hydrogens is 286 g/mol. The van der Waals surface area contributed by atoms with E-state index < -0.39 is 0 Å². The first kappa shape index (κ1) is 12.0. The van der Waals surface area contributed by atoms with Crippen LogP contribution < -0.4 is 10.6 Å². The topological polar surface area (TPSA) is 71.1 Å². The van der Waals surface area contributed by atoms with Gasteiger partial charge in [-0.05, 0) is 34.5 Å². The molecule has 0 radical (unpaired) electrons. The molecule has 1 aliphatic heterocycles. The Balaban J connectivity index is 1.98. The molecule has 5 nitrogen and oxygen atoms in total. The van der Waals surface area contributed by atoms with Crippen LogP contribution in [0.15, 0.2) is 22.9 Å². The molecule has 1 fully saturated rings. The number of halogens is 1. The number of carbonyl (C=O) groups is 2. The van der Waals surface area contributed by atoms with Gasteiger partial charge in [0, 0.05) is 25.2 Å². The smallest absolute Gasteiger partial charge is 0.254 e. The lowest BCUT2D eigenvalue weighted by molar-refractivity contribution is -0.122. The summed E-state index contributed by atoms with van der Waals surface area (Å²) in [6.07, 6.45) is 2.75. The van der Waals surface area contributed by atoms with Crippen LogP contribution in [-0.4, -0.2) is 29.4 Å². The molecule has 0 saturated carbocycles. The molecule has 90 valence electrons. The Bertz CT molecular complexity index is 440. The molecule has 6 heteroatoms. The molecule has 2 N–H and O–H groups in total. The second-order valence-electron chi connectivity index (χ2n) is 3.85. The maximum absolute atomic E-state index is 11.9. The van der Waals surface area contributed by atoms with E-state index in [-0.39, 0.29) is 17.9 Å². The molecule has 0 aromatic carbocycles. The van der Waals surface area contributed by atoms with Crippen molar-refractivity contribution < 1.29 is 9.59 Å². The van der Waals surface area contributed by atoms with E-state index in [1.54, 1.807) is 18.3 Å². The van der Waals surface area contributed by atoms with E-state index in [0.29, 0.717) is 29.6 Å². The first-order valence-corrected chi connectivity index (χ1v) is 6.14. The largest absolute Gasteiger partial charge is 0.354 e. The van der Waals surface area contributed by atoms with Gasteiger partial charge < -0.3 is 10.6 Å². The number of piperidine rings is 1. The third-order valence-electron chi connectivity index (χ3n) is 2.60. The summed E-state index contributed by atoms with van der Waals surface area (Å²) >= 11 is 3.23. The molecule has 1 atom stereocenters. The number of rotatable bonds is 2. The number of hydrogen-bond donors (Lipinski definition) is 2. The molecule has 2 heterocycles. The van der Waals surface area contributed by atoms with Crippen molar-refractivity contribution in [3.8, 4) is 0 Å². The van der Waals surface area contributed by atoms with Crippen LogP contribution in [0.5, 0.6) is 0 Å². The summed E-state index contributed by atoms with van der Waals surface area (Å²) in [7, 11) is 0. The van der Waals surface area contributed by atoms with Gasteiger partial charge in [-0.1, -0.05) is 0 Å². The van der Waals surface area contributed by atoms with Crippen molar-refractivity contribution >= 4 is 27.7 Å². The average Bonchev–Trinajstić information content (AvgIpc) is 2.32. The Morgan fingerprint density at radius 3 is 3.06 bits per heavy atom. The van der Waals surface area contributed by atoms with Gasteiger partial charge in [0.2, 0.25) is 5.91 Å². The summed E-state index contributed by atoms with van der Waals surface area (Å²) in [4.78, 5) is 26.9. The van der Waals surface area contributed by atoms with Gasteiger partial charge in [0.25, 0.3) is 5.91 Å². The first-order valence-electron chi connectivity index (χ1n) is 5.35. The number of pyridine rings is 1. The highest BCUT2D eigenvalue weighted by atomic mass is 79.9. The molecule has 0 spiro atoms. The highest BCUT2D eigenvalue weighted by molar-refractivity contribution is 9.10. The zero-order chi connectivity index (χ0) is 12.3. The predicted octanol–water partition coefficient (Wildman–Crippen LogP) is 0.853. The predicted molar refractivity (Wildman–Crippen MR) is 65.4 cm³/mol. The van der Waals surface area contributed by atoms with Crippen LogP contribution in [0.3, 0.4) is 0 Å². The molecule has 0 aliphatic carbocycles. The van der Waals surface area contributed by atoms with Gasteiger partial charge in [-0.25, -0.2) is 4.98 Å². The third-order valence-corrected chi connectivity index (χ3v) is 3.24. The zero-order valence-electron chi connectivity index (χ0n) is 9.07. The number of hydrogen-bond acceptors (Lipinski definition) is 3. The Kier molecular flexibility index (Phi) is 3.73. The van der Waals surface area contributed by atoms with Crippen molar-refractivity contribution in [3.63, 3.8) is 0 Å². The monoisotopic (exact) mass is 297 g/mol. The molecule has 2 amide bonds. The molecule has 0 bridgehead atoms.